The number of carbonyl (C=O) groups excluding carboxylic acids is 1. The first-order valence-corrected chi connectivity index (χ1v) is 9.73. The van der Waals surface area contributed by atoms with Gasteiger partial charge < -0.3 is 10.6 Å². The number of Topliss-reactive ketones (excluding diaryl/α,β-unsaturated/α-hetero) is 1. The van der Waals surface area contributed by atoms with Gasteiger partial charge in [0.1, 0.15) is 6.04 Å². The van der Waals surface area contributed by atoms with E-state index in [-0.39, 0.29) is 11.8 Å². The van der Waals surface area contributed by atoms with Gasteiger partial charge in [0.2, 0.25) is 5.96 Å². The van der Waals surface area contributed by atoms with E-state index >= 15 is 0 Å². The summed E-state index contributed by atoms with van der Waals surface area (Å²) in [4.78, 5) is 26.2. The van der Waals surface area contributed by atoms with Crippen molar-refractivity contribution in [2.45, 2.75) is 25.3 Å². The zero-order valence-electron chi connectivity index (χ0n) is 14.5. The largest absolute Gasteiger partial charge is 0.329 e. The molecule has 2 aliphatic rings. The Balaban J connectivity index is 1.52. The average Bonchev–Trinajstić information content (AvgIpc) is 3.10. The molecule has 1 aliphatic heterocycles. The van der Waals surface area contributed by atoms with Crippen LogP contribution in [0.4, 0.5) is 5.13 Å². The van der Waals surface area contributed by atoms with Gasteiger partial charge in [0.05, 0.1) is 10.2 Å². The number of nitrogens with zero attached hydrogens (tertiary/aromatic N) is 3. The molecule has 1 unspecified atom stereocenters. The van der Waals surface area contributed by atoms with Crippen LogP contribution in [0.5, 0.6) is 0 Å². The number of guanidine groups is 1. The van der Waals surface area contributed by atoms with Crippen molar-refractivity contribution in [2.75, 3.05) is 5.32 Å². The quantitative estimate of drug-likeness (QED) is 0.712. The molecular weight excluding hydrogens is 358 g/mol. The van der Waals surface area contributed by atoms with Gasteiger partial charge in [-0.2, -0.15) is 0 Å². The van der Waals surface area contributed by atoms with Crippen molar-refractivity contribution >= 4 is 38.4 Å². The Morgan fingerprint density at radius 2 is 2.07 bits per heavy atom. The Morgan fingerprint density at radius 3 is 2.93 bits per heavy atom. The third kappa shape index (κ3) is 3.00. The number of anilines is 1. The summed E-state index contributed by atoms with van der Waals surface area (Å²) in [6.45, 7) is 0. The fraction of sp³-hybridized carbons (Fsp3) is 0.200. The number of rotatable bonds is 2. The third-order valence-electron chi connectivity index (χ3n) is 4.78. The molecule has 0 bridgehead atoms. The van der Waals surface area contributed by atoms with Gasteiger partial charge in [-0.1, -0.05) is 29.5 Å². The number of carbonyl (C=O) groups is 1. The second-order valence-electron chi connectivity index (χ2n) is 6.57. The van der Waals surface area contributed by atoms with Gasteiger partial charge in [-0.15, -0.1) is 0 Å². The second kappa shape index (κ2) is 6.59. The van der Waals surface area contributed by atoms with E-state index in [1.807, 2.05) is 36.4 Å². The molecule has 0 saturated carbocycles. The summed E-state index contributed by atoms with van der Waals surface area (Å²) in [6.07, 6.45) is 5.79. The molecule has 0 spiro atoms. The van der Waals surface area contributed by atoms with E-state index in [0.29, 0.717) is 12.4 Å². The number of thiazole rings is 1. The molecule has 5 rings (SSSR count). The van der Waals surface area contributed by atoms with E-state index in [4.69, 9.17) is 4.99 Å². The fourth-order valence-electron chi connectivity index (χ4n) is 3.55. The lowest BCUT2D eigenvalue weighted by Crippen LogP contribution is -2.38. The van der Waals surface area contributed by atoms with E-state index in [2.05, 4.69) is 20.6 Å². The van der Waals surface area contributed by atoms with Crippen molar-refractivity contribution in [1.82, 2.24) is 15.3 Å². The van der Waals surface area contributed by atoms with E-state index in [9.17, 15) is 4.79 Å². The highest BCUT2D eigenvalue weighted by Gasteiger charge is 2.33. The first kappa shape index (κ1) is 16.1. The van der Waals surface area contributed by atoms with Crippen LogP contribution in [0.1, 0.15) is 30.9 Å². The third-order valence-corrected chi connectivity index (χ3v) is 5.73. The number of fused-ring (bicyclic) bond motifs is 1. The molecule has 7 heteroatoms. The number of hydrogen-bond acceptors (Lipinski definition) is 7. The fourth-order valence-corrected chi connectivity index (χ4v) is 4.41. The molecule has 0 radical (unpaired) electrons. The molecule has 0 saturated heterocycles. The molecule has 134 valence electrons. The summed E-state index contributed by atoms with van der Waals surface area (Å²) < 4.78 is 1.12. The minimum atomic E-state index is -0.334. The van der Waals surface area contributed by atoms with Crippen LogP contribution in [0.2, 0.25) is 0 Å². The number of aromatic nitrogens is 2. The minimum absolute atomic E-state index is 0.167. The van der Waals surface area contributed by atoms with Crippen molar-refractivity contribution < 1.29 is 4.79 Å². The standard InChI is InChI=1S/C20H17N5OS/c26-15-8-3-7-14-17(15)18(12-5-4-10-21-11-12)24-19(22-14)25-20-23-13-6-1-2-9-16(13)27-20/h1-2,4-6,9-11,18H,3,7-8H2,(H2,22,23,24,25). The van der Waals surface area contributed by atoms with Crippen LogP contribution in [0.3, 0.4) is 0 Å². The van der Waals surface area contributed by atoms with Crippen molar-refractivity contribution in [2.24, 2.45) is 4.99 Å². The summed E-state index contributed by atoms with van der Waals surface area (Å²) in [5.41, 5.74) is 3.60. The second-order valence-corrected chi connectivity index (χ2v) is 7.60. The zero-order chi connectivity index (χ0) is 18.2. The van der Waals surface area contributed by atoms with Gasteiger partial charge in [-0.05, 0) is 36.6 Å². The van der Waals surface area contributed by atoms with Crippen LogP contribution < -0.4 is 10.6 Å². The summed E-state index contributed by atoms with van der Waals surface area (Å²) in [7, 11) is 0. The van der Waals surface area contributed by atoms with Crippen LogP contribution in [-0.4, -0.2) is 21.7 Å². The molecular formula is C20H17N5OS. The average molecular weight is 375 g/mol. The maximum absolute atomic E-state index is 12.6. The topological polar surface area (TPSA) is 79.3 Å². The van der Waals surface area contributed by atoms with E-state index in [0.717, 1.165) is 45.0 Å². The molecule has 3 aromatic rings. The smallest absolute Gasteiger partial charge is 0.202 e. The van der Waals surface area contributed by atoms with Gasteiger partial charge in [-0.3, -0.25) is 9.78 Å². The number of ketones is 1. The normalized spacial score (nSPS) is 19.5. The Hall–Kier alpha value is -3.06. The lowest BCUT2D eigenvalue weighted by atomic mass is 9.86. The van der Waals surface area contributed by atoms with Crippen molar-refractivity contribution in [3.8, 4) is 0 Å². The lowest BCUT2D eigenvalue weighted by molar-refractivity contribution is -0.116. The molecule has 1 aliphatic carbocycles. The zero-order valence-corrected chi connectivity index (χ0v) is 15.3. The van der Waals surface area contributed by atoms with Crippen LogP contribution in [0.15, 0.2) is 65.1 Å². The first-order valence-electron chi connectivity index (χ1n) is 8.91. The van der Waals surface area contributed by atoms with Crippen molar-refractivity contribution in [3.05, 3.63) is 65.6 Å². The van der Waals surface area contributed by atoms with E-state index in [1.165, 1.54) is 0 Å². The van der Waals surface area contributed by atoms with Crippen molar-refractivity contribution in [3.63, 3.8) is 0 Å². The molecule has 2 aromatic heterocycles. The van der Waals surface area contributed by atoms with Crippen LogP contribution in [-0.2, 0) is 4.79 Å². The molecule has 0 fully saturated rings. The predicted molar refractivity (Wildman–Crippen MR) is 107 cm³/mol. The van der Waals surface area contributed by atoms with Gasteiger partial charge in [0, 0.05) is 30.1 Å². The lowest BCUT2D eigenvalue weighted by Gasteiger charge is -2.30. The van der Waals surface area contributed by atoms with Crippen LogP contribution in [0.25, 0.3) is 10.2 Å². The molecule has 1 aromatic carbocycles. The molecule has 2 N–H and O–H groups in total. The van der Waals surface area contributed by atoms with Gasteiger partial charge in [-0.25, -0.2) is 9.98 Å². The summed E-state index contributed by atoms with van der Waals surface area (Å²) in [5, 5.41) is 7.40. The van der Waals surface area contributed by atoms with E-state index in [1.54, 1.807) is 23.7 Å². The molecule has 0 amide bonds. The predicted octanol–water partition coefficient (Wildman–Crippen LogP) is 3.81. The minimum Gasteiger partial charge on any atom is -0.329 e. The summed E-state index contributed by atoms with van der Waals surface area (Å²) >= 11 is 1.58. The van der Waals surface area contributed by atoms with E-state index < -0.39 is 0 Å². The Bertz CT molecular complexity index is 1050. The number of benzene rings is 1. The molecule has 1 atom stereocenters. The maximum Gasteiger partial charge on any atom is 0.202 e. The van der Waals surface area contributed by atoms with Crippen molar-refractivity contribution in [1.29, 1.82) is 0 Å². The molecule has 6 nitrogen and oxygen atoms in total. The van der Waals surface area contributed by atoms with Gasteiger partial charge in [0.25, 0.3) is 0 Å². The van der Waals surface area contributed by atoms with Crippen LogP contribution in [0, 0.1) is 0 Å². The van der Waals surface area contributed by atoms with Gasteiger partial charge >= 0.3 is 0 Å². The Morgan fingerprint density at radius 1 is 1.15 bits per heavy atom. The SMILES string of the molecule is O=C1CCCC2=C1C(c1cccnc1)N=C(Nc1nc3ccccc3s1)N2. The number of hydrogen-bond donors (Lipinski definition) is 2. The van der Waals surface area contributed by atoms with Crippen LogP contribution >= 0.6 is 11.3 Å². The molecule has 27 heavy (non-hydrogen) atoms. The highest BCUT2D eigenvalue weighted by atomic mass is 32.1. The maximum atomic E-state index is 12.6. The van der Waals surface area contributed by atoms with Gasteiger partial charge in [0.15, 0.2) is 10.9 Å². The molecule has 3 heterocycles. The first-order chi connectivity index (χ1) is 13.3. The number of nitrogens with one attached hydrogen (secondary N) is 2. The highest BCUT2D eigenvalue weighted by molar-refractivity contribution is 7.22. The monoisotopic (exact) mass is 375 g/mol. The summed E-state index contributed by atoms with van der Waals surface area (Å²) in [6, 6.07) is 11.5. The Kier molecular flexibility index (Phi) is 3.94. The Labute approximate surface area is 160 Å². The summed E-state index contributed by atoms with van der Waals surface area (Å²) in [5.74, 6) is 0.789. The number of para-hydroxylation sites is 1. The number of aliphatic imine (C=N–C) groups is 1. The number of allylic oxidation sites excluding steroid dienone is 1. The number of pyridine rings is 1. The highest BCUT2D eigenvalue weighted by Crippen LogP contribution is 2.36.